The molecule has 0 radical (unpaired) electrons. The Balaban J connectivity index is 2.02. The minimum absolute atomic E-state index is 0.968. The summed E-state index contributed by atoms with van der Waals surface area (Å²) in [5, 5.41) is 2.80. The number of rotatable bonds is 7. The number of nitrogens with zero attached hydrogens (tertiary/aromatic N) is 1. The monoisotopic (exact) mass is 320 g/mol. The largest absolute Gasteiger partial charge is 0.354 e. The third-order valence-electron chi connectivity index (χ3n) is 4.91. The van der Waals surface area contributed by atoms with Gasteiger partial charge in [0.05, 0.1) is 0 Å². The maximum atomic E-state index is 3.89. The molecule has 1 N–H and O–H groups in total. The first-order chi connectivity index (χ1) is 11.7. The molecule has 0 spiro atoms. The van der Waals surface area contributed by atoms with Crippen LogP contribution in [-0.4, -0.2) is 29.5 Å². The van der Waals surface area contributed by atoms with Crippen molar-refractivity contribution in [1.29, 1.82) is 0 Å². The van der Waals surface area contributed by atoms with Crippen LogP contribution in [0, 0.1) is 13.8 Å². The summed E-state index contributed by atoms with van der Waals surface area (Å²) in [6, 6.07) is 11.1. The average molecular weight is 320 g/mol. The third-order valence-corrected chi connectivity index (χ3v) is 4.91. The summed E-state index contributed by atoms with van der Waals surface area (Å²) in [4.78, 5) is 6.12. The smallest absolute Gasteiger partial charge is 0.0497 e. The quantitative estimate of drug-likeness (QED) is 0.579. The summed E-state index contributed by atoms with van der Waals surface area (Å²) in [6.07, 6.45) is 4.27. The standard InChI is InChI=1S/C22H28N2/c1-5-13-24(14-6-2)15-12-18-8-7-9-19-21(18)20-16(3)10-11-17(4)22(20)23-19/h5,7-11,23H,1,6,12-15H2,2-4H3. The zero-order valence-electron chi connectivity index (χ0n) is 15.2. The summed E-state index contributed by atoms with van der Waals surface area (Å²) < 4.78 is 0. The molecule has 0 aliphatic heterocycles. The predicted molar refractivity (Wildman–Crippen MR) is 106 cm³/mol. The molecule has 3 rings (SSSR count). The molecule has 1 aromatic heterocycles. The van der Waals surface area contributed by atoms with Crippen LogP contribution >= 0.6 is 0 Å². The molecule has 0 fully saturated rings. The van der Waals surface area contributed by atoms with Crippen LogP contribution in [0.4, 0.5) is 0 Å². The fourth-order valence-corrected chi connectivity index (χ4v) is 3.71. The van der Waals surface area contributed by atoms with Crippen LogP contribution in [0.3, 0.4) is 0 Å². The number of aryl methyl sites for hydroxylation is 2. The molecule has 0 saturated carbocycles. The highest BCUT2D eigenvalue weighted by molar-refractivity contribution is 6.11. The van der Waals surface area contributed by atoms with E-state index in [2.05, 4.69) is 67.6 Å². The molecule has 2 aromatic carbocycles. The van der Waals surface area contributed by atoms with Gasteiger partial charge in [-0.2, -0.15) is 0 Å². The van der Waals surface area contributed by atoms with Gasteiger partial charge < -0.3 is 4.98 Å². The van der Waals surface area contributed by atoms with Crippen LogP contribution in [0.2, 0.25) is 0 Å². The van der Waals surface area contributed by atoms with Gasteiger partial charge in [0.25, 0.3) is 0 Å². The van der Waals surface area contributed by atoms with Gasteiger partial charge in [-0.05, 0) is 56.0 Å². The molecule has 0 aliphatic carbocycles. The molecule has 2 heteroatoms. The van der Waals surface area contributed by atoms with E-state index in [0.29, 0.717) is 0 Å². The fourth-order valence-electron chi connectivity index (χ4n) is 3.71. The van der Waals surface area contributed by atoms with E-state index in [0.717, 1.165) is 26.1 Å². The van der Waals surface area contributed by atoms with E-state index in [-0.39, 0.29) is 0 Å². The van der Waals surface area contributed by atoms with Crippen molar-refractivity contribution in [1.82, 2.24) is 9.88 Å². The van der Waals surface area contributed by atoms with Gasteiger partial charge in [0.2, 0.25) is 0 Å². The lowest BCUT2D eigenvalue weighted by molar-refractivity contribution is 0.307. The van der Waals surface area contributed by atoms with Crippen molar-refractivity contribution in [2.24, 2.45) is 0 Å². The Morgan fingerprint density at radius 2 is 1.83 bits per heavy atom. The van der Waals surface area contributed by atoms with E-state index in [4.69, 9.17) is 0 Å². The molecule has 0 unspecified atom stereocenters. The summed E-state index contributed by atoms with van der Waals surface area (Å²) in [5.41, 5.74) is 6.65. The van der Waals surface area contributed by atoms with Gasteiger partial charge in [0.1, 0.15) is 0 Å². The van der Waals surface area contributed by atoms with Gasteiger partial charge in [0.15, 0.2) is 0 Å². The third kappa shape index (κ3) is 3.11. The van der Waals surface area contributed by atoms with Crippen LogP contribution in [0.15, 0.2) is 43.0 Å². The van der Waals surface area contributed by atoms with E-state index in [9.17, 15) is 0 Å². The highest BCUT2D eigenvalue weighted by Gasteiger charge is 2.13. The van der Waals surface area contributed by atoms with Crippen molar-refractivity contribution >= 4 is 21.8 Å². The van der Waals surface area contributed by atoms with Crippen molar-refractivity contribution in [3.05, 3.63) is 59.7 Å². The minimum Gasteiger partial charge on any atom is -0.354 e. The first kappa shape index (κ1) is 16.8. The van der Waals surface area contributed by atoms with Crippen LogP contribution in [0.5, 0.6) is 0 Å². The lowest BCUT2D eigenvalue weighted by Gasteiger charge is -2.20. The number of H-pyrrole nitrogens is 1. The highest BCUT2D eigenvalue weighted by Crippen LogP contribution is 2.32. The predicted octanol–water partition coefficient (Wildman–Crippen LogP) is 5.38. The van der Waals surface area contributed by atoms with Crippen LogP contribution in [-0.2, 0) is 6.42 Å². The summed E-state index contributed by atoms with van der Waals surface area (Å²) >= 11 is 0. The van der Waals surface area contributed by atoms with Crippen molar-refractivity contribution in [3.63, 3.8) is 0 Å². The molecule has 0 atom stereocenters. The number of aromatic nitrogens is 1. The van der Waals surface area contributed by atoms with E-state index < -0.39 is 0 Å². The van der Waals surface area contributed by atoms with Crippen LogP contribution < -0.4 is 0 Å². The number of nitrogens with one attached hydrogen (secondary N) is 1. The van der Waals surface area contributed by atoms with E-state index in [1.54, 1.807) is 0 Å². The van der Waals surface area contributed by atoms with Crippen molar-refractivity contribution in [2.75, 3.05) is 19.6 Å². The van der Waals surface area contributed by atoms with Gasteiger partial charge in [-0.25, -0.2) is 0 Å². The Labute approximate surface area is 145 Å². The van der Waals surface area contributed by atoms with Gasteiger partial charge in [0, 0.05) is 34.9 Å². The van der Waals surface area contributed by atoms with Crippen LogP contribution in [0.25, 0.3) is 21.8 Å². The molecule has 126 valence electrons. The molecule has 0 bridgehead atoms. The topological polar surface area (TPSA) is 19.0 Å². The van der Waals surface area contributed by atoms with Crippen molar-refractivity contribution < 1.29 is 0 Å². The molecule has 3 aromatic rings. The maximum absolute atomic E-state index is 3.89. The maximum Gasteiger partial charge on any atom is 0.0497 e. The molecule has 1 heterocycles. The van der Waals surface area contributed by atoms with Crippen molar-refractivity contribution in [3.8, 4) is 0 Å². The molecule has 0 aliphatic rings. The molecule has 0 amide bonds. The number of hydrogen-bond acceptors (Lipinski definition) is 1. The highest BCUT2D eigenvalue weighted by atomic mass is 15.1. The van der Waals surface area contributed by atoms with Crippen molar-refractivity contribution in [2.45, 2.75) is 33.6 Å². The van der Waals surface area contributed by atoms with Gasteiger partial charge >= 0.3 is 0 Å². The normalized spacial score (nSPS) is 11.7. The second-order valence-corrected chi connectivity index (χ2v) is 6.75. The minimum atomic E-state index is 0.968. The summed E-state index contributed by atoms with van der Waals surface area (Å²) in [7, 11) is 0. The van der Waals surface area contributed by atoms with Crippen LogP contribution in [0.1, 0.15) is 30.0 Å². The molecule has 0 saturated heterocycles. The first-order valence-corrected chi connectivity index (χ1v) is 8.98. The van der Waals surface area contributed by atoms with E-state index >= 15 is 0 Å². The van der Waals surface area contributed by atoms with Gasteiger partial charge in [-0.1, -0.05) is 37.3 Å². The number of benzene rings is 2. The summed E-state index contributed by atoms with van der Waals surface area (Å²) in [6.45, 7) is 13.7. The fraction of sp³-hybridized carbons (Fsp3) is 0.364. The first-order valence-electron chi connectivity index (χ1n) is 8.98. The Morgan fingerprint density at radius 3 is 2.58 bits per heavy atom. The molecule has 24 heavy (non-hydrogen) atoms. The number of aromatic amines is 1. The molecular weight excluding hydrogens is 292 g/mol. The molecular formula is C22H28N2. The Hall–Kier alpha value is -2.06. The SMILES string of the molecule is C=CCN(CCC)CCc1cccc2[nH]c3c(C)ccc(C)c3c12. The second-order valence-electron chi connectivity index (χ2n) is 6.75. The Bertz CT molecular complexity index is 857. The van der Waals surface area contributed by atoms with Gasteiger partial charge in [-0.15, -0.1) is 6.58 Å². The average Bonchev–Trinajstić information content (AvgIpc) is 2.98. The van der Waals surface area contributed by atoms with E-state index in [1.807, 2.05) is 6.08 Å². The summed E-state index contributed by atoms with van der Waals surface area (Å²) in [5.74, 6) is 0. The lowest BCUT2D eigenvalue weighted by Crippen LogP contribution is -2.27. The number of fused-ring (bicyclic) bond motifs is 3. The number of hydrogen-bond donors (Lipinski definition) is 1. The zero-order valence-corrected chi connectivity index (χ0v) is 15.2. The Kier molecular flexibility index (Phi) is 5.06. The lowest BCUT2D eigenvalue weighted by atomic mass is 9.99. The second kappa shape index (κ2) is 7.23. The zero-order chi connectivity index (χ0) is 17.1. The Morgan fingerprint density at radius 1 is 1.04 bits per heavy atom. The van der Waals surface area contributed by atoms with Gasteiger partial charge in [-0.3, -0.25) is 4.90 Å². The van der Waals surface area contributed by atoms with E-state index in [1.165, 1.54) is 44.9 Å². The molecule has 2 nitrogen and oxygen atoms in total.